The van der Waals surface area contributed by atoms with E-state index in [9.17, 15) is 23.2 Å². The third-order valence-electron chi connectivity index (χ3n) is 8.11. The summed E-state index contributed by atoms with van der Waals surface area (Å²) in [6.45, 7) is -0.924. The first kappa shape index (κ1) is 29.9. The molecule has 2 amide bonds. The molecule has 2 fully saturated rings. The number of hydrogen-bond donors (Lipinski definition) is 2. The van der Waals surface area contributed by atoms with Crippen molar-refractivity contribution in [2.45, 2.75) is 56.6 Å². The molecule has 5 rings (SSSR count). The summed E-state index contributed by atoms with van der Waals surface area (Å²) in [4.78, 5) is 38.3. The Morgan fingerprint density at radius 2 is 1.86 bits per heavy atom. The molecule has 1 aliphatic carbocycles. The van der Waals surface area contributed by atoms with Crippen molar-refractivity contribution in [1.82, 2.24) is 9.47 Å². The molecule has 0 unspecified atom stereocenters. The lowest BCUT2D eigenvalue weighted by atomic mass is 9.87. The van der Waals surface area contributed by atoms with Crippen LogP contribution in [0, 0.1) is 11.7 Å². The number of carbonyl (C=O) groups excluding carboxylic acids is 2. The molecule has 1 aliphatic heterocycles. The zero-order valence-electron chi connectivity index (χ0n) is 22.9. The number of alkyl halides is 2. The third-order valence-corrected chi connectivity index (χ3v) is 8.43. The maximum Gasteiger partial charge on any atom is 0.306 e. The number of carbonyl (C=O) groups is 3. The van der Waals surface area contributed by atoms with Crippen molar-refractivity contribution in [3.05, 3.63) is 64.6 Å². The number of aliphatic carboxylic acids is 1. The molecule has 0 bridgehead atoms. The normalized spacial score (nSPS) is 21.9. The highest BCUT2D eigenvalue weighted by Crippen LogP contribution is 2.35. The number of anilines is 1. The van der Waals surface area contributed by atoms with Gasteiger partial charge in [-0.25, -0.2) is 13.2 Å². The van der Waals surface area contributed by atoms with Gasteiger partial charge in [0, 0.05) is 30.6 Å². The van der Waals surface area contributed by atoms with Crippen LogP contribution in [0.15, 0.2) is 42.6 Å². The highest BCUT2D eigenvalue weighted by atomic mass is 35.5. The van der Waals surface area contributed by atoms with Gasteiger partial charge in [0.15, 0.2) is 0 Å². The van der Waals surface area contributed by atoms with E-state index in [1.54, 1.807) is 29.9 Å². The second-order valence-electron chi connectivity index (χ2n) is 11.1. The van der Waals surface area contributed by atoms with Crippen LogP contribution in [0.3, 0.4) is 0 Å². The summed E-state index contributed by atoms with van der Waals surface area (Å²) in [5, 5.41) is 12.5. The molecule has 8 nitrogen and oxygen atoms in total. The number of carboxylic acid groups (broad SMARTS) is 1. The number of para-hydroxylation sites is 1. The minimum Gasteiger partial charge on any atom is -0.481 e. The van der Waals surface area contributed by atoms with Crippen LogP contribution in [0.25, 0.3) is 10.9 Å². The van der Waals surface area contributed by atoms with Crippen molar-refractivity contribution in [3.8, 4) is 0 Å². The summed E-state index contributed by atoms with van der Waals surface area (Å²) in [5.74, 6) is -6.40. The fourth-order valence-electron chi connectivity index (χ4n) is 5.86. The molecule has 12 heteroatoms. The largest absolute Gasteiger partial charge is 0.481 e. The van der Waals surface area contributed by atoms with E-state index < -0.39 is 60.9 Å². The number of aromatic nitrogens is 1. The number of nitrogens with zero attached hydrogens (tertiary/aromatic N) is 2. The van der Waals surface area contributed by atoms with Crippen LogP contribution in [0.1, 0.15) is 48.0 Å². The molecule has 2 heterocycles. The minimum absolute atomic E-state index is 0.00335. The predicted octanol–water partition coefficient (Wildman–Crippen LogP) is 5.66. The summed E-state index contributed by atoms with van der Waals surface area (Å²) >= 11 is 6.35. The second kappa shape index (κ2) is 12.0. The van der Waals surface area contributed by atoms with E-state index in [0.717, 1.165) is 16.5 Å². The van der Waals surface area contributed by atoms with E-state index >= 15 is 4.39 Å². The van der Waals surface area contributed by atoms with Crippen molar-refractivity contribution >= 4 is 46.0 Å². The lowest BCUT2D eigenvalue weighted by Gasteiger charge is -2.29. The first-order valence-electron chi connectivity index (χ1n) is 13.8. The van der Waals surface area contributed by atoms with Gasteiger partial charge in [-0.15, -0.1) is 0 Å². The number of hydrogen-bond acceptors (Lipinski definition) is 4. The van der Waals surface area contributed by atoms with Crippen molar-refractivity contribution in [2.75, 3.05) is 18.5 Å². The van der Waals surface area contributed by atoms with Crippen molar-refractivity contribution in [3.63, 3.8) is 0 Å². The number of benzene rings is 2. The van der Waals surface area contributed by atoms with Gasteiger partial charge in [0.2, 0.25) is 5.91 Å². The van der Waals surface area contributed by atoms with Gasteiger partial charge in [0.1, 0.15) is 5.82 Å². The number of aryl methyl sites for hydroxylation is 1. The van der Waals surface area contributed by atoms with Crippen LogP contribution in [0.4, 0.5) is 18.9 Å². The number of likely N-dealkylation sites (tertiary alicyclic amines) is 1. The van der Waals surface area contributed by atoms with Gasteiger partial charge in [-0.1, -0.05) is 29.8 Å². The van der Waals surface area contributed by atoms with Crippen LogP contribution in [-0.4, -0.2) is 63.6 Å². The SMILES string of the molecule is Cn1cc(C(=O)Nc2cc(F)c(CC(=O)N3CC(F)(F)C[C@H]3CO[C@H]3CC[C@@H](C(=O)O)CC3)cc2Cl)c2ccccc21. The van der Waals surface area contributed by atoms with Gasteiger partial charge in [-0.2, -0.15) is 0 Å². The zero-order valence-corrected chi connectivity index (χ0v) is 23.7. The Bertz CT molecular complexity index is 1520. The van der Waals surface area contributed by atoms with Gasteiger partial charge >= 0.3 is 5.97 Å². The first-order valence-corrected chi connectivity index (χ1v) is 14.1. The van der Waals surface area contributed by atoms with Gasteiger partial charge in [-0.05, 0) is 49.4 Å². The van der Waals surface area contributed by atoms with E-state index in [4.69, 9.17) is 21.4 Å². The molecule has 1 saturated heterocycles. The number of nitrogens with one attached hydrogen (secondary N) is 1. The van der Waals surface area contributed by atoms with Crippen molar-refractivity contribution in [1.29, 1.82) is 0 Å². The maximum absolute atomic E-state index is 15.1. The van der Waals surface area contributed by atoms with E-state index in [2.05, 4.69) is 5.32 Å². The molecule has 224 valence electrons. The average Bonchev–Trinajstić information content (AvgIpc) is 3.46. The number of rotatable bonds is 8. The van der Waals surface area contributed by atoms with E-state index in [0.29, 0.717) is 36.6 Å². The molecule has 42 heavy (non-hydrogen) atoms. The number of ether oxygens (including phenoxy) is 1. The molecule has 1 aromatic heterocycles. The molecule has 2 aliphatic rings. The van der Waals surface area contributed by atoms with E-state index in [-0.39, 0.29) is 29.0 Å². The molecule has 2 aromatic carbocycles. The average molecular weight is 606 g/mol. The Balaban J connectivity index is 1.23. The molecule has 1 saturated carbocycles. The van der Waals surface area contributed by atoms with E-state index in [1.165, 1.54) is 6.07 Å². The molecular formula is C30H31ClF3N3O5. The minimum atomic E-state index is -3.11. The molecule has 1 atom stereocenters. The van der Waals surface area contributed by atoms with Crippen molar-refractivity contribution < 1.29 is 37.4 Å². The van der Waals surface area contributed by atoms with Crippen LogP contribution < -0.4 is 5.32 Å². The number of halogens is 4. The fraction of sp³-hybridized carbons (Fsp3) is 0.433. The summed E-state index contributed by atoms with van der Waals surface area (Å²) in [7, 11) is 1.80. The standard InChI is InChI=1S/C30H31ClF3N3O5/c1-36-14-22(21-4-2-3-5-26(21)36)28(39)35-25-12-24(32)18(10-23(25)31)11-27(38)37-16-30(33,34)13-19(37)15-42-20-8-6-17(7-9-20)29(40)41/h2-5,10,12,14,17,19-20H,6-9,11,13,15-16H2,1H3,(H,35,39)(H,40,41)/t17-,19-,20+/m0/s1. The van der Waals surface area contributed by atoms with Crippen molar-refractivity contribution in [2.24, 2.45) is 13.0 Å². The Morgan fingerprint density at radius 1 is 1.14 bits per heavy atom. The van der Waals surface area contributed by atoms with Crippen LogP contribution in [-0.2, 0) is 27.8 Å². The highest BCUT2D eigenvalue weighted by Gasteiger charge is 2.47. The predicted molar refractivity (Wildman–Crippen MR) is 150 cm³/mol. The van der Waals surface area contributed by atoms with Crippen LogP contribution in [0.5, 0.6) is 0 Å². The highest BCUT2D eigenvalue weighted by molar-refractivity contribution is 6.34. The Kier molecular flexibility index (Phi) is 8.52. The Labute approximate surface area is 245 Å². The first-order chi connectivity index (χ1) is 19.9. The van der Waals surface area contributed by atoms with Gasteiger partial charge in [0.25, 0.3) is 11.8 Å². The third kappa shape index (κ3) is 6.42. The lowest BCUT2D eigenvalue weighted by Crippen LogP contribution is -2.41. The zero-order chi connectivity index (χ0) is 30.2. The van der Waals surface area contributed by atoms with Gasteiger partial charge < -0.3 is 24.6 Å². The monoisotopic (exact) mass is 605 g/mol. The summed E-state index contributed by atoms with van der Waals surface area (Å²) in [6.07, 6.45) is 2.21. The van der Waals surface area contributed by atoms with Crippen LogP contribution in [0.2, 0.25) is 5.02 Å². The number of fused-ring (bicyclic) bond motifs is 1. The summed E-state index contributed by atoms with van der Waals surface area (Å²) in [5.41, 5.74) is 1.15. The van der Waals surface area contributed by atoms with Gasteiger partial charge in [-0.3, -0.25) is 14.4 Å². The maximum atomic E-state index is 15.1. The molecule has 3 aromatic rings. The number of carboxylic acids is 1. The smallest absolute Gasteiger partial charge is 0.306 e. The van der Waals surface area contributed by atoms with E-state index in [1.807, 2.05) is 12.1 Å². The van der Waals surface area contributed by atoms with Crippen LogP contribution >= 0.6 is 11.6 Å². The second-order valence-corrected chi connectivity index (χ2v) is 11.5. The topological polar surface area (TPSA) is 101 Å². The molecule has 2 N–H and O–H groups in total. The summed E-state index contributed by atoms with van der Waals surface area (Å²) in [6, 6.07) is 8.65. The Morgan fingerprint density at radius 3 is 2.57 bits per heavy atom. The quantitative estimate of drug-likeness (QED) is 0.345. The summed E-state index contributed by atoms with van der Waals surface area (Å²) < 4.78 is 51.4. The molecule has 0 radical (unpaired) electrons. The van der Waals surface area contributed by atoms with Gasteiger partial charge in [0.05, 0.1) is 53.9 Å². The Hall–Kier alpha value is -3.57. The number of amides is 2. The molecule has 0 spiro atoms. The fourth-order valence-corrected chi connectivity index (χ4v) is 6.09. The molecular weight excluding hydrogens is 575 g/mol. The lowest BCUT2D eigenvalue weighted by molar-refractivity contribution is -0.144.